The average Bonchev–Trinajstić information content (AvgIpc) is 3.17. The van der Waals surface area contributed by atoms with Gasteiger partial charge in [-0.3, -0.25) is 0 Å². The van der Waals surface area contributed by atoms with E-state index in [1.165, 1.54) is 70.4 Å². The van der Waals surface area contributed by atoms with Crippen molar-refractivity contribution in [1.82, 2.24) is 0 Å². The maximum atomic E-state index is 2.42. The Hall–Kier alpha value is -1.87. The van der Waals surface area contributed by atoms with E-state index in [9.17, 15) is 0 Å². The van der Waals surface area contributed by atoms with Crippen molar-refractivity contribution < 1.29 is 0 Å². The van der Waals surface area contributed by atoms with Gasteiger partial charge in [0, 0.05) is 21.0 Å². The summed E-state index contributed by atoms with van der Waals surface area (Å²) in [6.07, 6.45) is 4.46. The van der Waals surface area contributed by atoms with Crippen LogP contribution in [-0.4, -0.2) is 12.3 Å². The third-order valence-electron chi connectivity index (χ3n) is 8.18. The molecule has 6 rings (SSSR count). The lowest BCUT2D eigenvalue weighted by Crippen LogP contribution is -2.28. The molecule has 1 aromatic heterocycles. The van der Waals surface area contributed by atoms with Crippen LogP contribution in [0, 0.1) is 17.8 Å². The highest BCUT2D eigenvalue weighted by Crippen LogP contribution is 2.51. The van der Waals surface area contributed by atoms with Crippen LogP contribution in [0.15, 0.2) is 72.8 Å². The molecule has 4 aromatic carbocycles. The second-order valence-corrected chi connectivity index (χ2v) is 14.0. The quantitative estimate of drug-likeness (QED) is 0.219. The van der Waals surface area contributed by atoms with Crippen LogP contribution < -0.4 is 0 Å². The van der Waals surface area contributed by atoms with Crippen LogP contribution in [-0.2, 0) is 6.66 Å². The summed E-state index contributed by atoms with van der Waals surface area (Å²) in [5.74, 6) is 2.94. The van der Waals surface area contributed by atoms with Crippen LogP contribution in [0.4, 0.5) is 0 Å². The minimum absolute atomic E-state index is 0.243. The van der Waals surface area contributed by atoms with E-state index in [0.717, 1.165) is 23.4 Å². The Kier molecular flexibility index (Phi) is 7.02. The van der Waals surface area contributed by atoms with E-state index >= 15 is 0 Å². The van der Waals surface area contributed by atoms with E-state index in [1.807, 2.05) is 0 Å². The maximum absolute atomic E-state index is 2.42. The fraction of sp³-hybridized carbons (Fsp3) is 0.375. The van der Waals surface area contributed by atoms with Gasteiger partial charge in [0.2, 0.25) is 0 Å². The molecule has 176 valence electrons. The highest BCUT2D eigenvalue weighted by molar-refractivity contribution is 7.59. The Morgan fingerprint density at radius 3 is 1.79 bits per heavy atom. The molecule has 0 spiro atoms. The molecule has 4 unspecified atom stereocenters. The van der Waals surface area contributed by atoms with Crippen LogP contribution in [0.1, 0.15) is 40.0 Å². The first-order chi connectivity index (χ1) is 16.5. The van der Waals surface area contributed by atoms with Gasteiger partial charge in [0.05, 0.1) is 0 Å². The van der Waals surface area contributed by atoms with Crippen LogP contribution >= 0.6 is 16.1 Å². The summed E-state index contributed by atoms with van der Waals surface area (Å²) in [7, 11) is 0.923. The highest BCUT2D eigenvalue weighted by Gasteiger charge is 2.29. The van der Waals surface area contributed by atoms with Gasteiger partial charge in [0.1, 0.15) is 0 Å². The van der Waals surface area contributed by atoms with Crippen molar-refractivity contribution in [2.45, 2.75) is 45.7 Å². The van der Waals surface area contributed by atoms with Crippen molar-refractivity contribution in [3.63, 3.8) is 0 Å². The molecule has 1 heterocycles. The predicted octanol–water partition coefficient (Wildman–Crippen LogP) is 10.6. The summed E-state index contributed by atoms with van der Waals surface area (Å²) in [5.41, 5.74) is 1.05. The van der Waals surface area contributed by atoms with E-state index < -0.39 is 0 Å². The lowest BCUT2D eigenvalue weighted by Gasteiger charge is -2.36. The fourth-order valence-electron chi connectivity index (χ4n) is 6.27. The molecule has 4 atom stereocenters. The van der Waals surface area contributed by atoms with Crippen LogP contribution in [0.3, 0.4) is 0 Å². The van der Waals surface area contributed by atoms with Gasteiger partial charge in [-0.25, -0.2) is 0 Å². The van der Waals surface area contributed by atoms with Crippen molar-refractivity contribution in [2.75, 3.05) is 6.66 Å². The number of hydrogen-bond acceptors (Lipinski definition) is 0. The summed E-state index contributed by atoms with van der Waals surface area (Å²) in [5, 5.41) is 11.5. The molecule has 1 fully saturated rings. The SMILES string of the molecule is CPC1CC(C)CCC1C(C)C.Cp1c2ccc3ccccc3c2c2c3ccccc3ccc21. The molecule has 1 saturated carbocycles. The minimum Gasteiger partial charge on any atom is -0.122 e. The largest absolute Gasteiger partial charge is 0.122 e. The summed E-state index contributed by atoms with van der Waals surface area (Å²) in [6, 6.07) is 26.8. The zero-order valence-corrected chi connectivity index (χ0v) is 23.2. The van der Waals surface area contributed by atoms with Crippen molar-refractivity contribution in [1.29, 1.82) is 0 Å². The number of hydrogen-bond donors (Lipinski definition) is 0. The third-order valence-corrected chi connectivity index (χ3v) is 11.8. The molecule has 34 heavy (non-hydrogen) atoms. The zero-order valence-electron chi connectivity index (χ0n) is 21.3. The number of aryl methyl sites for hydroxylation is 1. The Morgan fingerprint density at radius 2 is 1.29 bits per heavy atom. The molecule has 5 aromatic rings. The van der Waals surface area contributed by atoms with Crippen LogP contribution in [0.2, 0.25) is 0 Å². The molecule has 0 amide bonds. The number of rotatable bonds is 2. The van der Waals surface area contributed by atoms with E-state index in [1.54, 1.807) is 0 Å². The smallest absolute Gasteiger partial charge is 0.00278 e. The zero-order chi connectivity index (χ0) is 23.8. The average molecular weight is 485 g/mol. The first-order valence-electron chi connectivity index (χ1n) is 12.9. The first kappa shape index (κ1) is 23.9. The highest BCUT2D eigenvalue weighted by atomic mass is 31.1. The van der Waals surface area contributed by atoms with Gasteiger partial charge in [-0.15, -0.1) is 16.1 Å². The molecular formula is C32H38P2. The molecule has 0 aliphatic heterocycles. The van der Waals surface area contributed by atoms with Gasteiger partial charge >= 0.3 is 0 Å². The normalized spacial score (nSPS) is 21.2. The third kappa shape index (κ3) is 4.30. The molecular weight excluding hydrogens is 446 g/mol. The molecule has 0 saturated heterocycles. The van der Waals surface area contributed by atoms with E-state index in [4.69, 9.17) is 0 Å². The van der Waals surface area contributed by atoms with Gasteiger partial charge in [-0.1, -0.05) is 87.9 Å². The Balaban J connectivity index is 0.000000172. The van der Waals surface area contributed by atoms with Gasteiger partial charge in [0.25, 0.3) is 0 Å². The van der Waals surface area contributed by atoms with E-state index in [-0.39, 0.29) is 7.53 Å². The summed E-state index contributed by atoms with van der Waals surface area (Å²) in [6.45, 7) is 12.0. The van der Waals surface area contributed by atoms with E-state index in [0.29, 0.717) is 0 Å². The first-order valence-corrected chi connectivity index (χ1v) is 16.3. The standard InChI is InChI=1S/C21H15P.C11H23P/c1-22-18-12-10-14-6-2-4-8-16(14)20(18)21-17-9-5-3-7-15(17)11-13-19(21)22;1-8(2)10-6-5-9(3)7-11(10)12-4/h2-13H,1H3;8-12H,5-7H2,1-4H3. The molecule has 1 aliphatic carbocycles. The second-order valence-electron chi connectivity index (χ2n) is 10.6. The molecule has 1 aliphatic rings. The Bertz CT molecular complexity index is 1350. The Labute approximate surface area is 208 Å². The van der Waals surface area contributed by atoms with Gasteiger partial charge in [0.15, 0.2) is 0 Å². The van der Waals surface area contributed by atoms with E-state index in [2.05, 4.69) is 107 Å². The summed E-state index contributed by atoms with van der Waals surface area (Å²) in [4.78, 5) is 0. The second kappa shape index (κ2) is 10.0. The molecule has 0 bridgehead atoms. The molecule has 0 N–H and O–H groups in total. The van der Waals surface area contributed by atoms with Crippen molar-refractivity contribution in [3.05, 3.63) is 72.8 Å². The lowest BCUT2D eigenvalue weighted by molar-refractivity contribution is 0.243. The monoisotopic (exact) mass is 484 g/mol. The fourth-order valence-corrected chi connectivity index (χ4v) is 9.88. The van der Waals surface area contributed by atoms with Gasteiger partial charge in [-0.05, 0) is 83.3 Å². The molecule has 0 nitrogen and oxygen atoms in total. The van der Waals surface area contributed by atoms with Crippen molar-refractivity contribution in [3.8, 4) is 0 Å². The Morgan fingerprint density at radius 1 is 0.765 bits per heavy atom. The maximum Gasteiger partial charge on any atom is 0.00278 e. The molecule has 2 heteroatoms. The number of fused-ring (bicyclic) bond motifs is 7. The number of benzene rings is 4. The summed E-state index contributed by atoms with van der Waals surface area (Å²) >= 11 is 0. The van der Waals surface area contributed by atoms with Gasteiger partial charge < -0.3 is 0 Å². The minimum atomic E-state index is -0.243. The van der Waals surface area contributed by atoms with Crippen molar-refractivity contribution >= 4 is 58.7 Å². The summed E-state index contributed by atoms with van der Waals surface area (Å²) < 4.78 is 0. The van der Waals surface area contributed by atoms with Crippen molar-refractivity contribution in [2.24, 2.45) is 24.4 Å². The van der Waals surface area contributed by atoms with Crippen LogP contribution in [0.5, 0.6) is 0 Å². The lowest BCUT2D eigenvalue weighted by atomic mass is 9.77. The van der Waals surface area contributed by atoms with Gasteiger partial charge in [-0.2, -0.15) is 0 Å². The van der Waals surface area contributed by atoms with Crippen LogP contribution in [0.25, 0.3) is 42.6 Å². The topological polar surface area (TPSA) is 0 Å². The molecule has 0 radical (unpaired) electrons. The predicted molar refractivity (Wildman–Crippen MR) is 160 cm³/mol.